The molecule has 4 nitrogen and oxygen atoms in total. The Morgan fingerprint density at radius 2 is 2.07 bits per heavy atom. The van der Waals surface area contributed by atoms with Crippen molar-refractivity contribution >= 4 is 7.75 Å². The Labute approximate surface area is 90.1 Å². The number of rotatable bonds is 6. The lowest BCUT2D eigenvalue weighted by Gasteiger charge is -2.09. The second kappa shape index (κ2) is 5.50. The van der Waals surface area contributed by atoms with Gasteiger partial charge < -0.3 is 9.79 Å². The van der Waals surface area contributed by atoms with Crippen LogP contribution in [0.4, 0.5) is 0 Å². The predicted octanol–water partition coefficient (Wildman–Crippen LogP) is 2.55. The molecule has 0 bridgehead atoms. The molecule has 0 aliphatic heterocycles. The van der Waals surface area contributed by atoms with Crippen molar-refractivity contribution in [2.75, 3.05) is 0 Å². The van der Waals surface area contributed by atoms with Gasteiger partial charge in [0.15, 0.2) is 0 Å². The fraction of sp³-hybridized carbons (Fsp3) is 0.600. The van der Waals surface area contributed by atoms with E-state index in [1.165, 1.54) is 19.0 Å². The third-order valence-corrected chi connectivity index (χ3v) is 3.33. The molecule has 0 radical (unpaired) electrons. The van der Waals surface area contributed by atoms with Gasteiger partial charge in [-0.1, -0.05) is 26.2 Å². The van der Waals surface area contributed by atoms with Gasteiger partial charge in [-0.15, -0.1) is 0 Å². The van der Waals surface area contributed by atoms with E-state index in [4.69, 9.17) is 9.79 Å². The van der Waals surface area contributed by atoms with Crippen LogP contribution in [-0.4, -0.2) is 14.1 Å². The zero-order valence-electron chi connectivity index (χ0n) is 8.96. The van der Waals surface area contributed by atoms with Crippen molar-refractivity contribution in [3.05, 3.63) is 24.0 Å². The standard InChI is InChI=1S/C10H18NO3P/c1-2-3-4-5-7-10-8-6-9-11(10)15(12,13)14/h6,8-9H,2-5,7H2,1H3,(H2,12,13,14). The third-order valence-electron chi connectivity index (χ3n) is 2.38. The molecule has 15 heavy (non-hydrogen) atoms. The Morgan fingerprint density at radius 3 is 2.67 bits per heavy atom. The van der Waals surface area contributed by atoms with Crippen LogP contribution in [0.2, 0.25) is 0 Å². The lowest BCUT2D eigenvalue weighted by Crippen LogP contribution is -1.99. The van der Waals surface area contributed by atoms with Gasteiger partial charge in [-0.2, -0.15) is 0 Å². The zero-order chi connectivity index (χ0) is 11.3. The minimum Gasteiger partial charge on any atom is -0.308 e. The second-order valence-corrected chi connectivity index (χ2v) is 5.13. The molecule has 0 aliphatic carbocycles. The summed E-state index contributed by atoms with van der Waals surface area (Å²) in [6.07, 6.45) is 6.62. The lowest BCUT2D eigenvalue weighted by atomic mass is 10.1. The zero-order valence-corrected chi connectivity index (χ0v) is 9.86. The first-order valence-electron chi connectivity index (χ1n) is 5.28. The van der Waals surface area contributed by atoms with Crippen LogP contribution < -0.4 is 0 Å². The summed E-state index contributed by atoms with van der Waals surface area (Å²) < 4.78 is 12.1. The van der Waals surface area contributed by atoms with Gasteiger partial charge in [0, 0.05) is 11.9 Å². The largest absolute Gasteiger partial charge is 0.433 e. The van der Waals surface area contributed by atoms with Crippen LogP contribution in [0.25, 0.3) is 0 Å². The molecule has 0 spiro atoms. The van der Waals surface area contributed by atoms with Crippen molar-refractivity contribution in [1.29, 1.82) is 0 Å². The number of unbranched alkanes of at least 4 members (excludes halogenated alkanes) is 3. The molecule has 0 unspecified atom stereocenters. The highest BCUT2D eigenvalue weighted by Gasteiger charge is 2.18. The van der Waals surface area contributed by atoms with Gasteiger partial charge >= 0.3 is 7.75 Å². The molecule has 0 aromatic carbocycles. The average Bonchev–Trinajstić information content (AvgIpc) is 2.59. The summed E-state index contributed by atoms with van der Waals surface area (Å²) >= 11 is 0. The van der Waals surface area contributed by atoms with Crippen LogP contribution in [0, 0.1) is 0 Å². The highest BCUT2D eigenvalue weighted by atomic mass is 31.2. The van der Waals surface area contributed by atoms with Crippen LogP contribution in [0.1, 0.15) is 38.3 Å². The van der Waals surface area contributed by atoms with E-state index < -0.39 is 7.75 Å². The summed E-state index contributed by atoms with van der Waals surface area (Å²) in [5.41, 5.74) is 0.722. The number of aryl methyl sites for hydroxylation is 1. The first kappa shape index (κ1) is 12.5. The Balaban J connectivity index is 2.55. The van der Waals surface area contributed by atoms with Gasteiger partial charge in [0.2, 0.25) is 0 Å². The third kappa shape index (κ3) is 3.82. The Morgan fingerprint density at radius 1 is 1.33 bits per heavy atom. The van der Waals surface area contributed by atoms with Crippen molar-refractivity contribution in [3.8, 4) is 0 Å². The predicted molar refractivity (Wildman–Crippen MR) is 59.7 cm³/mol. The fourth-order valence-electron chi connectivity index (χ4n) is 1.59. The quantitative estimate of drug-likeness (QED) is 0.584. The molecule has 0 aliphatic rings. The van der Waals surface area contributed by atoms with Crippen molar-refractivity contribution < 1.29 is 14.4 Å². The van der Waals surface area contributed by atoms with E-state index in [9.17, 15) is 4.57 Å². The molecular weight excluding hydrogens is 213 g/mol. The maximum Gasteiger partial charge on any atom is 0.433 e. The monoisotopic (exact) mass is 231 g/mol. The first-order chi connectivity index (χ1) is 7.05. The number of aromatic nitrogens is 1. The van der Waals surface area contributed by atoms with Crippen molar-refractivity contribution in [3.63, 3.8) is 0 Å². The van der Waals surface area contributed by atoms with Crippen LogP contribution in [0.3, 0.4) is 0 Å². The van der Waals surface area contributed by atoms with Crippen molar-refractivity contribution in [1.82, 2.24) is 4.34 Å². The molecule has 1 aromatic heterocycles. The van der Waals surface area contributed by atoms with Gasteiger partial charge in [0.25, 0.3) is 0 Å². The summed E-state index contributed by atoms with van der Waals surface area (Å²) in [4.78, 5) is 18.1. The molecule has 0 atom stereocenters. The molecule has 5 heteroatoms. The fourth-order valence-corrected chi connectivity index (χ4v) is 2.34. The minimum absolute atomic E-state index is 0.722. The van der Waals surface area contributed by atoms with Crippen LogP contribution >= 0.6 is 7.75 Å². The average molecular weight is 231 g/mol. The SMILES string of the molecule is CCCCCCc1cccn1P(=O)(O)O. The summed E-state index contributed by atoms with van der Waals surface area (Å²) in [6, 6.07) is 3.44. The van der Waals surface area contributed by atoms with Crippen molar-refractivity contribution in [2.24, 2.45) is 0 Å². The summed E-state index contributed by atoms with van der Waals surface area (Å²) in [6.45, 7) is 2.14. The molecule has 0 saturated heterocycles. The molecule has 0 saturated carbocycles. The lowest BCUT2D eigenvalue weighted by molar-refractivity contribution is 0.359. The molecule has 0 fully saturated rings. The summed E-state index contributed by atoms with van der Waals surface area (Å²) in [7, 11) is -4.15. The smallest absolute Gasteiger partial charge is 0.308 e. The van der Waals surface area contributed by atoms with Gasteiger partial charge in [0.1, 0.15) is 0 Å². The van der Waals surface area contributed by atoms with E-state index in [1.54, 1.807) is 12.1 Å². The van der Waals surface area contributed by atoms with Crippen LogP contribution in [0.5, 0.6) is 0 Å². The highest BCUT2D eigenvalue weighted by molar-refractivity contribution is 7.50. The van der Waals surface area contributed by atoms with E-state index in [1.807, 2.05) is 0 Å². The summed E-state index contributed by atoms with van der Waals surface area (Å²) in [5, 5.41) is 0. The number of hydrogen-bond acceptors (Lipinski definition) is 1. The van der Waals surface area contributed by atoms with Crippen LogP contribution in [-0.2, 0) is 11.0 Å². The van der Waals surface area contributed by atoms with Gasteiger partial charge in [0.05, 0.1) is 0 Å². The van der Waals surface area contributed by atoms with E-state index >= 15 is 0 Å². The van der Waals surface area contributed by atoms with Crippen LogP contribution in [0.15, 0.2) is 18.3 Å². The normalized spacial score (nSPS) is 11.9. The van der Waals surface area contributed by atoms with Gasteiger partial charge in [-0.25, -0.2) is 4.57 Å². The van der Waals surface area contributed by atoms with Gasteiger partial charge in [-0.05, 0) is 25.0 Å². The maximum absolute atomic E-state index is 11.1. The molecule has 1 rings (SSSR count). The molecule has 0 amide bonds. The molecule has 1 heterocycles. The molecular formula is C10H18NO3P. The maximum atomic E-state index is 11.1. The molecule has 1 aromatic rings. The minimum atomic E-state index is -4.15. The Kier molecular flexibility index (Phi) is 4.58. The molecule has 86 valence electrons. The van der Waals surface area contributed by atoms with E-state index in [2.05, 4.69) is 6.92 Å². The van der Waals surface area contributed by atoms with E-state index in [0.717, 1.165) is 29.3 Å². The van der Waals surface area contributed by atoms with E-state index in [0.29, 0.717) is 0 Å². The highest BCUT2D eigenvalue weighted by Crippen LogP contribution is 2.38. The van der Waals surface area contributed by atoms with E-state index in [-0.39, 0.29) is 0 Å². The molecule has 2 N–H and O–H groups in total. The second-order valence-electron chi connectivity index (χ2n) is 3.67. The Bertz CT molecular complexity index is 342. The topological polar surface area (TPSA) is 62.5 Å². The first-order valence-corrected chi connectivity index (χ1v) is 6.85. The Hall–Kier alpha value is -0.570. The number of nitrogens with zero attached hydrogens (tertiary/aromatic N) is 1. The number of hydrogen-bond donors (Lipinski definition) is 2. The van der Waals surface area contributed by atoms with Crippen molar-refractivity contribution in [2.45, 2.75) is 39.0 Å². The van der Waals surface area contributed by atoms with Gasteiger partial charge in [-0.3, -0.25) is 4.34 Å². The summed E-state index contributed by atoms with van der Waals surface area (Å²) in [5.74, 6) is 0.